The van der Waals surface area contributed by atoms with E-state index in [9.17, 15) is 14.4 Å². The van der Waals surface area contributed by atoms with Crippen LogP contribution in [0.5, 0.6) is 0 Å². The molecule has 0 aromatic rings. The van der Waals surface area contributed by atoms with Gasteiger partial charge in [-0.15, -0.1) is 0 Å². The smallest absolute Gasteiger partial charge is 0.306 e. The summed E-state index contributed by atoms with van der Waals surface area (Å²) in [5, 5.41) is 0. The zero-order chi connectivity index (χ0) is 49.3. The molecule has 386 valence electrons. The molecule has 0 radical (unpaired) electrons. The molecular formula is C62H102O6. The highest BCUT2D eigenvalue weighted by atomic mass is 16.6. The number of hydrogen-bond donors (Lipinski definition) is 0. The molecular weight excluding hydrogens is 841 g/mol. The summed E-state index contributed by atoms with van der Waals surface area (Å²) in [5.41, 5.74) is 0. The first-order valence-electron chi connectivity index (χ1n) is 27.9. The van der Waals surface area contributed by atoms with Gasteiger partial charge in [-0.3, -0.25) is 14.4 Å². The lowest BCUT2D eigenvalue weighted by atomic mass is 10.0. The fourth-order valence-electron chi connectivity index (χ4n) is 7.41. The molecule has 0 N–H and O–H groups in total. The summed E-state index contributed by atoms with van der Waals surface area (Å²) < 4.78 is 16.8. The van der Waals surface area contributed by atoms with Gasteiger partial charge in [0.15, 0.2) is 6.10 Å². The van der Waals surface area contributed by atoms with E-state index >= 15 is 0 Å². The molecule has 0 aromatic heterocycles. The maximum atomic E-state index is 12.8. The van der Waals surface area contributed by atoms with Crippen molar-refractivity contribution in [3.8, 4) is 0 Å². The molecule has 0 saturated carbocycles. The quantitative estimate of drug-likeness (QED) is 0.0262. The number of carbonyl (C=O) groups is 3. The van der Waals surface area contributed by atoms with Crippen molar-refractivity contribution in [3.63, 3.8) is 0 Å². The number of allylic oxidation sites excluding steroid dienone is 18. The summed E-state index contributed by atoms with van der Waals surface area (Å²) in [4.78, 5) is 38.1. The Morgan fingerprint density at radius 2 is 0.588 bits per heavy atom. The van der Waals surface area contributed by atoms with Crippen molar-refractivity contribution < 1.29 is 28.6 Å². The number of rotatable bonds is 49. The molecule has 0 amide bonds. The van der Waals surface area contributed by atoms with Gasteiger partial charge < -0.3 is 14.2 Å². The molecule has 0 spiro atoms. The highest BCUT2D eigenvalue weighted by Gasteiger charge is 2.19. The second-order valence-electron chi connectivity index (χ2n) is 18.1. The molecule has 0 rings (SSSR count). The van der Waals surface area contributed by atoms with Crippen molar-refractivity contribution in [1.29, 1.82) is 0 Å². The Morgan fingerprint density at radius 1 is 0.309 bits per heavy atom. The molecule has 0 aromatic carbocycles. The minimum Gasteiger partial charge on any atom is -0.462 e. The van der Waals surface area contributed by atoms with Crippen LogP contribution in [0.4, 0.5) is 0 Å². The molecule has 0 saturated heterocycles. The van der Waals surface area contributed by atoms with E-state index in [4.69, 9.17) is 14.2 Å². The number of ether oxygens (including phenoxy) is 3. The zero-order valence-electron chi connectivity index (χ0n) is 44.1. The number of hydrogen-bond acceptors (Lipinski definition) is 6. The lowest BCUT2D eigenvalue weighted by Crippen LogP contribution is -2.30. The van der Waals surface area contributed by atoms with Crippen molar-refractivity contribution in [2.75, 3.05) is 13.2 Å². The van der Waals surface area contributed by atoms with Crippen LogP contribution in [0, 0.1) is 0 Å². The average molecular weight is 943 g/mol. The summed E-state index contributed by atoms with van der Waals surface area (Å²) in [6.45, 7) is 6.36. The normalized spacial score (nSPS) is 12.9. The Labute approximate surface area is 419 Å². The van der Waals surface area contributed by atoms with Gasteiger partial charge in [0.1, 0.15) is 13.2 Å². The highest BCUT2D eigenvalue weighted by molar-refractivity contribution is 5.71. The Morgan fingerprint density at radius 3 is 0.941 bits per heavy atom. The fraction of sp³-hybridized carbons (Fsp3) is 0.661. The van der Waals surface area contributed by atoms with Crippen LogP contribution in [-0.2, 0) is 28.6 Å². The van der Waals surface area contributed by atoms with E-state index in [1.54, 1.807) is 0 Å². The summed E-state index contributed by atoms with van der Waals surface area (Å²) in [5.74, 6) is -0.978. The number of unbranched alkanes of at least 4 members (excludes halogenated alkanes) is 20. The van der Waals surface area contributed by atoms with Crippen molar-refractivity contribution >= 4 is 17.9 Å². The van der Waals surface area contributed by atoms with Crippen molar-refractivity contribution in [3.05, 3.63) is 109 Å². The van der Waals surface area contributed by atoms with Gasteiger partial charge in [0.2, 0.25) is 0 Å². The van der Waals surface area contributed by atoms with Gasteiger partial charge in [-0.1, -0.05) is 239 Å². The molecule has 0 bridgehead atoms. The van der Waals surface area contributed by atoms with Crippen LogP contribution in [0.3, 0.4) is 0 Å². The Kier molecular flexibility index (Phi) is 52.4. The van der Waals surface area contributed by atoms with E-state index in [0.717, 1.165) is 116 Å². The van der Waals surface area contributed by atoms with E-state index in [1.807, 2.05) is 0 Å². The third kappa shape index (κ3) is 53.0. The molecule has 6 nitrogen and oxygen atoms in total. The minimum atomic E-state index is -0.814. The molecule has 1 unspecified atom stereocenters. The van der Waals surface area contributed by atoms with Gasteiger partial charge in [0, 0.05) is 19.3 Å². The predicted molar refractivity (Wildman–Crippen MR) is 293 cm³/mol. The van der Waals surface area contributed by atoms with Crippen LogP contribution in [-0.4, -0.2) is 37.2 Å². The second kappa shape index (κ2) is 55.7. The van der Waals surface area contributed by atoms with Gasteiger partial charge in [-0.2, -0.15) is 0 Å². The Balaban J connectivity index is 4.50. The van der Waals surface area contributed by atoms with Gasteiger partial charge in [-0.05, 0) is 96.3 Å². The maximum Gasteiger partial charge on any atom is 0.306 e. The van der Waals surface area contributed by atoms with Crippen LogP contribution >= 0.6 is 0 Å². The average Bonchev–Trinajstić information content (AvgIpc) is 3.34. The van der Waals surface area contributed by atoms with Crippen LogP contribution < -0.4 is 0 Å². The molecule has 6 heteroatoms. The second-order valence-corrected chi connectivity index (χ2v) is 18.1. The lowest BCUT2D eigenvalue weighted by Gasteiger charge is -2.18. The van der Waals surface area contributed by atoms with Crippen molar-refractivity contribution in [2.24, 2.45) is 0 Å². The topological polar surface area (TPSA) is 78.9 Å². The monoisotopic (exact) mass is 943 g/mol. The van der Waals surface area contributed by atoms with Gasteiger partial charge in [-0.25, -0.2) is 0 Å². The Hall–Kier alpha value is -3.93. The van der Waals surface area contributed by atoms with Crippen LogP contribution in [0.15, 0.2) is 109 Å². The maximum absolute atomic E-state index is 12.8. The summed E-state index contributed by atoms with van der Waals surface area (Å²) >= 11 is 0. The zero-order valence-corrected chi connectivity index (χ0v) is 44.1. The van der Waals surface area contributed by atoms with E-state index in [0.29, 0.717) is 19.3 Å². The van der Waals surface area contributed by atoms with E-state index in [2.05, 4.69) is 130 Å². The first-order valence-corrected chi connectivity index (χ1v) is 27.9. The standard InChI is InChI=1S/C62H102O6/c1-4-7-10-13-16-19-22-25-28-30-31-33-34-37-40-43-46-49-52-55-61(64)67-58-59(57-66-60(63)54-51-48-45-42-39-36-27-24-21-18-15-12-9-6-3)68-62(65)56-53-50-47-44-41-38-35-32-29-26-23-20-17-14-11-8-5-2/h7-8,10-11,16-17,19-20,25-26,28-29,31,33,35,38,44,47,59H,4-6,9,12-15,18,21-24,27,30,32,34,36-37,39-43,45-46,48-58H2,1-3H3/b10-7-,11-8-,19-16-,20-17-,28-25-,29-26-,33-31-,38-35-,47-44-. The highest BCUT2D eigenvalue weighted by Crippen LogP contribution is 2.15. The number of carbonyl (C=O) groups excluding carboxylic acids is 3. The SMILES string of the molecule is CC/C=C\C/C=C\C/C=C\C/C=C\C/C=C\CCCC(=O)OC(COC(=O)CCCCCCCC/C=C\C/C=C\C/C=C\C/C=C\CC)COC(=O)CCCCCCCCCCCCCCCC. The molecule has 0 heterocycles. The largest absolute Gasteiger partial charge is 0.462 e. The van der Waals surface area contributed by atoms with Crippen molar-refractivity contribution in [1.82, 2.24) is 0 Å². The van der Waals surface area contributed by atoms with E-state index < -0.39 is 6.10 Å². The van der Waals surface area contributed by atoms with Crippen LogP contribution in [0.25, 0.3) is 0 Å². The van der Waals surface area contributed by atoms with Crippen molar-refractivity contribution in [2.45, 2.75) is 252 Å². The van der Waals surface area contributed by atoms with E-state index in [-0.39, 0.29) is 37.5 Å². The van der Waals surface area contributed by atoms with Gasteiger partial charge in [0.25, 0.3) is 0 Å². The van der Waals surface area contributed by atoms with E-state index in [1.165, 1.54) is 83.5 Å². The van der Waals surface area contributed by atoms with Gasteiger partial charge in [0.05, 0.1) is 0 Å². The van der Waals surface area contributed by atoms with Crippen LogP contribution in [0.1, 0.15) is 245 Å². The molecule has 1 atom stereocenters. The molecule has 68 heavy (non-hydrogen) atoms. The molecule has 0 aliphatic carbocycles. The molecule has 0 fully saturated rings. The third-order valence-electron chi connectivity index (χ3n) is 11.5. The summed E-state index contributed by atoms with van der Waals surface area (Å²) in [7, 11) is 0. The first-order chi connectivity index (χ1) is 33.5. The molecule has 0 aliphatic rings. The summed E-state index contributed by atoms with van der Waals surface area (Å²) in [6.07, 6.45) is 75.1. The lowest BCUT2D eigenvalue weighted by molar-refractivity contribution is -0.167. The fourth-order valence-corrected chi connectivity index (χ4v) is 7.41. The predicted octanol–water partition coefficient (Wildman–Crippen LogP) is 18.7. The summed E-state index contributed by atoms with van der Waals surface area (Å²) in [6, 6.07) is 0. The minimum absolute atomic E-state index is 0.105. The Bertz CT molecular complexity index is 1410. The van der Waals surface area contributed by atoms with Gasteiger partial charge >= 0.3 is 17.9 Å². The van der Waals surface area contributed by atoms with Crippen LogP contribution in [0.2, 0.25) is 0 Å². The number of esters is 3. The first kappa shape index (κ1) is 64.1. The molecule has 0 aliphatic heterocycles. The third-order valence-corrected chi connectivity index (χ3v) is 11.5.